The first-order valence-electron chi connectivity index (χ1n) is 3.98. The van der Waals surface area contributed by atoms with Crippen molar-refractivity contribution >= 4 is 8.41 Å². The molecule has 0 spiro atoms. The second-order valence-electron chi connectivity index (χ2n) is 2.69. The highest BCUT2D eigenvalue weighted by Crippen LogP contribution is 2.22. The van der Waals surface area contributed by atoms with Gasteiger partial charge >= 0.3 is 0 Å². The van der Waals surface area contributed by atoms with Gasteiger partial charge < -0.3 is 9.21 Å². The first-order valence-corrected chi connectivity index (χ1v) is 6.48. The summed E-state index contributed by atoms with van der Waals surface area (Å²) in [6.45, 7) is 3.96. The van der Waals surface area contributed by atoms with E-state index in [0.29, 0.717) is 24.6 Å². The fourth-order valence-electron chi connectivity index (χ4n) is 0.999. The van der Waals surface area contributed by atoms with Crippen molar-refractivity contribution in [3.8, 4) is 0 Å². The molecule has 0 rings (SSSR count). The van der Waals surface area contributed by atoms with E-state index >= 15 is 0 Å². The third-order valence-corrected chi connectivity index (χ3v) is 5.83. The van der Waals surface area contributed by atoms with Crippen molar-refractivity contribution in [1.29, 1.82) is 0 Å². The van der Waals surface area contributed by atoms with E-state index in [1.807, 2.05) is 13.8 Å². The molecule has 0 aliphatic carbocycles. The van der Waals surface area contributed by atoms with Gasteiger partial charge in [0.25, 0.3) is 0 Å². The number of halogens is 1. The second-order valence-corrected chi connectivity index (χ2v) is 6.90. The van der Waals surface area contributed by atoms with Gasteiger partial charge in [0.2, 0.25) is 8.41 Å². The molecule has 0 aromatic rings. The normalized spacial score (nSPS) is 12.0. The van der Waals surface area contributed by atoms with Gasteiger partial charge in [-0.2, -0.15) is 0 Å². The quantitative estimate of drug-likeness (QED) is 0.488. The Bertz CT molecular complexity index is 83.7. The summed E-state index contributed by atoms with van der Waals surface area (Å²) in [5, 5.41) is 8.48. The molecule has 0 aliphatic heterocycles. The molecule has 1 nitrogen and oxygen atoms in total. The molecule has 0 bridgehead atoms. The largest absolute Gasteiger partial charge is 0.396 e. The van der Waals surface area contributed by atoms with Gasteiger partial charge in [-0.05, 0) is 24.6 Å². The molecule has 1 N–H and O–H groups in total. The highest BCUT2D eigenvalue weighted by Gasteiger charge is 2.28. The molecular weight excluding hydrogens is 147 g/mol. The zero-order valence-electron chi connectivity index (χ0n) is 6.86. The number of hydrogen-bond donors (Lipinski definition) is 1. The summed E-state index contributed by atoms with van der Waals surface area (Å²) in [4.78, 5) is 0. The molecule has 0 atom stereocenters. The number of rotatable bonds is 5. The number of aliphatic hydroxyl groups is 1. The fourth-order valence-corrected chi connectivity index (χ4v) is 3.00. The fraction of sp³-hybridized carbons (Fsp3) is 1.00. The molecule has 0 heterocycles. The van der Waals surface area contributed by atoms with Gasteiger partial charge in [-0.15, -0.1) is 0 Å². The zero-order chi connectivity index (χ0) is 8.04. The summed E-state index contributed by atoms with van der Waals surface area (Å²) >= 11 is 0. The Kier molecular flexibility index (Phi) is 4.90. The maximum absolute atomic E-state index is 13.5. The SMILES string of the molecule is CC[Si](F)(CC)CCCO. The lowest BCUT2D eigenvalue weighted by Gasteiger charge is -2.17. The average Bonchev–Trinajstić information content (AvgIpc) is 2.00. The number of aliphatic hydroxyl groups excluding tert-OH is 1. The Labute approximate surface area is 63.4 Å². The van der Waals surface area contributed by atoms with E-state index in [0.717, 1.165) is 0 Å². The smallest absolute Gasteiger partial charge is 0.246 e. The predicted octanol–water partition coefficient (Wildman–Crippen LogP) is 2.32. The highest BCUT2D eigenvalue weighted by atomic mass is 28.4. The molecule has 3 heteroatoms. The van der Waals surface area contributed by atoms with Gasteiger partial charge in [-0.25, -0.2) is 0 Å². The summed E-state index contributed by atoms with van der Waals surface area (Å²) in [5.74, 6) is 0. The maximum atomic E-state index is 13.5. The van der Waals surface area contributed by atoms with Crippen LogP contribution < -0.4 is 0 Å². The summed E-state index contributed by atoms with van der Waals surface area (Å²) in [7, 11) is -2.38. The third-order valence-electron chi connectivity index (χ3n) is 2.05. The lowest BCUT2D eigenvalue weighted by atomic mass is 10.5. The van der Waals surface area contributed by atoms with E-state index < -0.39 is 8.41 Å². The second kappa shape index (κ2) is 4.85. The molecule has 0 radical (unpaired) electrons. The van der Waals surface area contributed by atoms with Crippen LogP contribution in [0.25, 0.3) is 0 Å². The molecule has 0 amide bonds. The van der Waals surface area contributed by atoms with Crippen molar-refractivity contribution in [1.82, 2.24) is 0 Å². The molecule has 62 valence electrons. The van der Waals surface area contributed by atoms with Crippen LogP contribution in [0.2, 0.25) is 18.1 Å². The molecule has 0 unspecified atom stereocenters. The molecule has 0 fully saturated rings. The van der Waals surface area contributed by atoms with Crippen LogP contribution in [0.5, 0.6) is 0 Å². The van der Waals surface area contributed by atoms with Crippen LogP contribution in [0.15, 0.2) is 0 Å². The van der Waals surface area contributed by atoms with Crippen molar-refractivity contribution < 1.29 is 9.21 Å². The van der Waals surface area contributed by atoms with Crippen molar-refractivity contribution in [2.45, 2.75) is 38.4 Å². The van der Waals surface area contributed by atoms with E-state index in [4.69, 9.17) is 5.11 Å². The van der Waals surface area contributed by atoms with Crippen LogP contribution in [0.1, 0.15) is 20.3 Å². The third kappa shape index (κ3) is 3.32. The highest BCUT2D eigenvalue weighted by molar-refractivity contribution is 6.73. The lowest BCUT2D eigenvalue weighted by molar-refractivity contribution is 0.293. The minimum absolute atomic E-state index is 0.138. The first-order chi connectivity index (χ1) is 4.68. The van der Waals surface area contributed by atoms with Crippen molar-refractivity contribution in [2.75, 3.05) is 6.61 Å². The van der Waals surface area contributed by atoms with Crippen LogP contribution in [0, 0.1) is 0 Å². The Hall–Kier alpha value is 0.107. The van der Waals surface area contributed by atoms with E-state index in [2.05, 4.69) is 0 Å². The van der Waals surface area contributed by atoms with Crippen LogP contribution >= 0.6 is 0 Å². The summed E-state index contributed by atoms with van der Waals surface area (Å²) in [6, 6.07) is 2.03. The van der Waals surface area contributed by atoms with E-state index in [1.54, 1.807) is 0 Å². The van der Waals surface area contributed by atoms with Gasteiger partial charge in [-0.3, -0.25) is 0 Å². The standard InChI is InChI=1S/C7H17FOSi/c1-3-10(8,4-2)7-5-6-9/h9H,3-7H2,1-2H3. The summed E-state index contributed by atoms with van der Waals surface area (Å²) in [6.07, 6.45) is 0.643. The minimum Gasteiger partial charge on any atom is -0.396 e. The Morgan fingerprint density at radius 3 is 2.10 bits per heavy atom. The summed E-state index contributed by atoms with van der Waals surface area (Å²) in [5.41, 5.74) is 0. The topological polar surface area (TPSA) is 20.2 Å². The molecule has 10 heavy (non-hydrogen) atoms. The maximum Gasteiger partial charge on any atom is 0.246 e. The van der Waals surface area contributed by atoms with E-state index in [9.17, 15) is 4.11 Å². The first kappa shape index (κ1) is 10.1. The Balaban J connectivity index is 3.58. The van der Waals surface area contributed by atoms with Crippen LogP contribution in [-0.2, 0) is 0 Å². The number of hydrogen-bond acceptors (Lipinski definition) is 1. The van der Waals surface area contributed by atoms with Crippen molar-refractivity contribution in [3.63, 3.8) is 0 Å². The summed E-state index contributed by atoms with van der Waals surface area (Å²) < 4.78 is 13.5. The van der Waals surface area contributed by atoms with Crippen molar-refractivity contribution in [2.24, 2.45) is 0 Å². The Morgan fingerprint density at radius 1 is 1.30 bits per heavy atom. The monoisotopic (exact) mass is 164 g/mol. The zero-order valence-corrected chi connectivity index (χ0v) is 7.86. The van der Waals surface area contributed by atoms with Gasteiger partial charge in [0.15, 0.2) is 0 Å². The van der Waals surface area contributed by atoms with E-state index in [1.165, 1.54) is 0 Å². The predicted molar refractivity (Wildman–Crippen MR) is 44.3 cm³/mol. The van der Waals surface area contributed by atoms with Gasteiger partial charge in [0.1, 0.15) is 0 Å². The van der Waals surface area contributed by atoms with Crippen LogP contribution in [-0.4, -0.2) is 20.1 Å². The lowest BCUT2D eigenvalue weighted by Crippen LogP contribution is -2.25. The van der Waals surface area contributed by atoms with Gasteiger partial charge in [-0.1, -0.05) is 13.8 Å². The van der Waals surface area contributed by atoms with E-state index in [-0.39, 0.29) is 6.61 Å². The molecule has 0 saturated carbocycles. The van der Waals surface area contributed by atoms with Gasteiger partial charge in [0.05, 0.1) is 0 Å². The Morgan fingerprint density at radius 2 is 1.80 bits per heavy atom. The van der Waals surface area contributed by atoms with Crippen LogP contribution in [0.3, 0.4) is 0 Å². The average molecular weight is 164 g/mol. The van der Waals surface area contributed by atoms with Gasteiger partial charge in [0, 0.05) is 6.61 Å². The molecular formula is C7H17FOSi. The molecule has 0 saturated heterocycles. The molecule has 0 aliphatic rings. The molecule has 0 aromatic carbocycles. The van der Waals surface area contributed by atoms with Crippen molar-refractivity contribution in [3.05, 3.63) is 0 Å². The molecule has 0 aromatic heterocycles. The van der Waals surface area contributed by atoms with Crippen LogP contribution in [0.4, 0.5) is 4.11 Å². The minimum atomic E-state index is -2.38.